The molecule has 1 aromatic carbocycles. The Balaban J connectivity index is 1.71. The Morgan fingerprint density at radius 1 is 1.21 bits per heavy atom. The number of benzene rings is 1. The lowest BCUT2D eigenvalue weighted by molar-refractivity contribution is 0.0920. The van der Waals surface area contributed by atoms with E-state index >= 15 is 0 Å². The van der Waals surface area contributed by atoms with E-state index in [0.29, 0.717) is 18.8 Å². The van der Waals surface area contributed by atoms with Crippen LogP contribution in [-0.2, 0) is 12.0 Å². The summed E-state index contributed by atoms with van der Waals surface area (Å²) in [5.41, 5.74) is 1.44. The molecule has 0 atom stereocenters. The van der Waals surface area contributed by atoms with Gasteiger partial charge in [0.05, 0.1) is 0 Å². The molecule has 24 heavy (non-hydrogen) atoms. The number of nitrogens with one attached hydrogen (secondary N) is 1. The van der Waals surface area contributed by atoms with Crippen molar-refractivity contribution < 1.29 is 4.79 Å². The largest absolute Gasteiger partial charge is 0.350 e. The predicted molar refractivity (Wildman–Crippen MR) is 93.1 cm³/mol. The molecule has 0 aliphatic heterocycles. The normalized spacial score (nSPS) is 15.5. The van der Waals surface area contributed by atoms with Crippen LogP contribution >= 0.6 is 0 Å². The molecule has 2 aromatic rings. The molecule has 0 saturated heterocycles. The van der Waals surface area contributed by atoms with Crippen LogP contribution in [0.3, 0.4) is 0 Å². The van der Waals surface area contributed by atoms with Crippen LogP contribution in [0.15, 0.2) is 47.3 Å². The maximum atomic E-state index is 12.4. The van der Waals surface area contributed by atoms with Gasteiger partial charge in [-0.15, -0.1) is 0 Å². The van der Waals surface area contributed by atoms with Crippen LogP contribution in [-0.4, -0.2) is 22.2 Å². The van der Waals surface area contributed by atoms with Crippen molar-refractivity contribution >= 4 is 5.91 Å². The highest BCUT2D eigenvalue weighted by molar-refractivity contribution is 5.92. The second-order valence-electron chi connectivity index (χ2n) is 6.46. The third kappa shape index (κ3) is 3.25. The Kier molecular flexibility index (Phi) is 4.79. The van der Waals surface area contributed by atoms with Crippen LogP contribution in [0, 0.1) is 0 Å². The van der Waals surface area contributed by atoms with Crippen LogP contribution < -0.4 is 10.9 Å². The van der Waals surface area contributed by atoms with Gasteiger partial charge in [-0.2, -0.15) is 5.10 Å². The highest BCUT2D eigenvalue weighted by Gasteiger charge is 2.38. The number of amides is 1. The van der Waals surface area contributed by atoms with Crippen molar-refractivity contribution in [1.29, 1.82) is 0 Å². The summed E-state index contributed by atoms with van der Waals surface area (Å²) in [6.45, 7) is 3.10. The van der Waals surface area contributed by atoms with Crippen LogP contribution in [0.25, 0.3) is 0 Å². The van der Waals surface area contributed by atoms with Crippen LogP contribution in [0.2, 0.25) is 0 Å². The lowest BCUT2D eigenvalue weighted by Gasteiger charge is -2.42. The van der Waals surface area contributed by atoms with E-state index in [-0.39, 0.29) is 16.9 Å². The van der Waals surface area contributed by atoms with Crippen molar-refractivity contribution in [3.05, 3.63) is 64.1 Å². The Hall–Kier alpha value is -2.43. The standard InChI is InChI=1S/C19H23N3O2/c1-2-13-22-17(23)10-9-16(21-22)18(24)20-14-19(11-6-12-19)15-7-4-3-5-8-15/h3-5,7-10H,2,6,11-14H2,1H3,(H,20,24). The molecule has 5 heteroatoms. The minimum atomic E-state index is -0.220. The van der Waals surface area contributed by atoms with Gasteiger partial charge in [0.2, 0.25) is 0 Å². The molecule has 1 heterocycles. The van der Waals surface area contributed by atoms with Gasteiger partial charge in [-0.1, -0.05) is 43.7 Å². The van der Waals surface area contributed by atoms with Crippen LogP contribution in [0.1, 0.15) is 48.7 Å². The predicted octanol–water partition coefficient (Wildman–Crippen LogP) is 2.51. The third-order valence-electron chi connectivity index (χ3n) is 4.82. The molecule has 0 bridgehead atoms. The van der Waals surface area contributed by atoms with E-state index in [9.17, 15) is 9.59 Å². The van der Waals surface area contributed by atoms with Gasteiger partial charge < -0.3 is 5.32 Å². The zero-order chi connectivity index (χ0) is 17.0. The first-order valence-electron chi connectivity index (χ1n) is 8.56. The molecule has 1 aliphatic carbocycles. The Bertz CT molecular complexity index is 764. The average molecular weight is 325 g/mol. The summed E-state index contributed by atoms with van der Waals surface area (Å²) in [6.07, 6.45) is 4.15. The molecule has 0 radical (unpaired) electrons. The van der Waals surface area contributed by atoms with Gasteiger partial charge in [-0.05, 0) is 30.9 Å². The maximum absolute atomic E-state index is 12.4. The fourth-order valence-corrected chi connectivity index (χ4v) is 3.24. The molecule has 0 spiro atoms. The Labute approximate surface area is 141 Å². The van der Waals surface area contributed by atoms with Crippen molar-refractivity contribution in [1.82, 2.24) is 15.1 Å². The van der Waals surface area contributed by atoms with Gasteiger partial charge in [0.1, 0.15) is 5.69 Å². The number of hydrogen-bond donors (Lipinski definition) is 1. The lowest BCUT2D eigenvalue weighted by Crippen LogP contribution is -2.46. The molecular formula is C19H23N3O2. The van der Waals surface area contributed by atoms with E-state index in [1.165, 1.54) is 28.8 Å². The number of carbonyl (C=O) groups is 1. The second-order valence-corrected chi connectivity index (χ2v) is 6.46. The SMILES string of the molecule is CCCn1nc(C(=O)NCC2(c3ccccc3)CCC2)ccc1=O. The van der Waals surface area contributed by atoms with E-state index in [4.69, 9.17) is 0 Å². The van der Waals surface area contributed by atoms with E-state index in [1.807, 2.05) is 25.1 Å². The molecule has 1 aliphatic rings. The second kappa shape index (κ2) is 6.99. The van der Waals surface area contributed by atoms with E-state index in [0.717, 1.165) is 19.3 Å². The zero-order valence-electron chi connectivity index (χ0n) is 14.0. The summed E-state index contributed by atoms with van der Waals surface area (Å²) in [5, 5.41) is 7.18. The molecule has 1 N–H and O–H groups in total. The van der Waals surface area contributed by atoms with E-state index < -0.39 is 0 Å². The number of carbonyl (C=O) groups excluding carboxylic acids is 1. The molecule has 1 saturated carbocycles. The van der Waals surface area contributed by atoms with Gasteiger partial charge in [0.15, 0.2) is 0 Å². The minimum absolute atomic E-state index is 0.0365. The zero-order valence-corrected chi connectivity index (χ0v) is 14.0. The topological polar surface area (TPSA) is 64.0 Å². The van der Waals surface area contributed by atoms with Gasteiger partial charge in [-0.3, -0.25) is 9.59 Å². The van der Waals surface area contributed by atoms with Gasteiger partial charge in [0.25, 0.3) is 11.5 Å². The van der Waals surface area contributed by atoms with Gasteiger partial charge in [-0.25, -0.2) is 4.68 Å². The first-order valence-corrected chi connectivity index (χ1v) is 8.56. The first-order chi connectivity index (χ1) is 11.6. The maximum Gasteiger partial charge on any atom is 0.271 e. The van der Waals surface area contributed by atoms with E-state index in [2.05, 4.69) is 22.5 Å². The summed E-state index contributed by atoms with van der Waals surface area (Å²) < 4.78 is 1.35. The van der Waals surface area contributed by atoms with Crippen molar-refractivity contribution in [2.24, 2.45) is 0 Å². The molecule has 1 amide bonds. The average Bonchev–Trinajstić information content (AvgIpc) is 2.57. The monoisotopic (exact) mass is 325 g/mol. The van der Waals surface area contributed by atoms with Crippen LogP contribution in [0.5, 0.6) is 0 Å². The summed E-state index contributed by atoms with van der Waals surface area (Å²) in [4.78, 5) is 24.2. The fraction of sp³-hybridized carbons (Fsp3) is 0.421. The molecule has 3 rings (SSSR count). The summed E-state index contributed by atoms with van der Waals surface area (Å²) in [5.74, 6) is -0.220. The number of hydrogen-bond acceptors (Lipinski definition) is 3. The Morgan fingerprint density at radius 2 is 1.96 bits per heavy atom. The lowest BCUT2D eigenvalue weighted by atomic mass is 9.64. The summed E-state index contributed by atoms with van der Waals surface area (Å²) >= 11 is 0. The quantitative estimate of drug-likeness (QED) is 0.887. The molecule has 1 aromatic heterocycles. The van der Waals surface area contributed by atoms with Crippen molar-refractivity contribution in [2.75, 3.05) is 6.54 Å². The Morgan fingerprint density at radius 3 is 2.58 bits per heavy atom. The summed E-state index contributed by atoms with van der Waals surface area (Å²) in [6, 6.07) is 13.3. The fourth-order valence-electron chi connectivity index (χ4n) is 3.24. The van der Waals surface area contributed by atoms with Crippen LogP contribution in [0.4, 0.5) is 0 Å². The first kappa shape index (κ1) is 16.4. The highest BCUT2D eigenvalue weighted by atomic mass is 16.2. The summed E-state index contributed by atoms with van der Waals surface area (Å²) in [7, 11) is 0. The smallest absolute Gasteiger partial charge is 0.271 e. The number of nitrogens with zero attached hydrogens (tertiary/aromatic N) is 2. The molecule has 126 valence electrons. The molecule has 5 nitrogen and oxygen atoms in total. The number of aryl methyl sites for hydroxylation is 1. The van der Waals surface area contributed by atoms with Gasteiger partial charge >= 0.3 is 0 Å². The molecule has 0 unspecified atom stereocenters. The van der Waals surface area contributed by atoms with Gasteiger partial charge in [0, 0.05) is 24.6 Å². The molecular weight excluding hydrogens is 302 g/mol. The van der Waals surface area contributed by atoms with Crippen molar-refractivity contribution in [3.63, 3.8) is 0 Å². The highest BCUT2D eigenvalue weighted by Crippen LogP contribution is 2.43. The van der Waals surface area contributed by atoms with Crippen molar-refractivity contribution in [3.8, 4) is 0 Å². The van der Waals surface area contributed by atoms with Crippen molar-refractivity contribution in [2.45, 2.75) is 44.6 Å². The third-order valence-corrected chi connectivity index (χ3v) is 4.82. The minimum Gasteiger partial charge on any atom is -0.350 e. The van der Waals surface area contributed by atoms with E-state index in [1.54, 1.807) is 0 Å². The number of rotatable bonds is 6. The number of aromatic nitrogens is 2. The molecule has 1 fully saturated rings.